The molecule has 0 fully saturated rings. The van der Waals surface area contributed by atoms with Gasteiger partial charge in [0.15, 0.2) is 16.8 Å². The molecule has 5 aromatic rings. The van der Waals surface area contributed by atoms with Gasteiger partial charge in [-0.3, -0.25) is 0 Å². The molecule has 33 heavy (non-hydrogen) atoms. The van der Waals surface area contributed by atoms with Gasteiger partial charge in [-0.2, -0.15) is 4.98 Å². The molecule has 0 saturated heterocycles. The van der Waals surface area contributed by atoms with Crippen LogP contribution in [0.1, 0.15) is 11.4 Å². The first-order chi connectivity index (χ1) is 16.3. The van der Waals surface area contributed by atoms with Crippen molar-refractivity contribution in [1.82, 2.24) is 24.9 Å². The fraction of sp³-hybridized carbons (Fsp3) is 0.167. The van der Waals surface area contributed by atoms with Crippen molar-refractivity contribution in [2.75, 3.05) is 7.11 Å². The minimum atomic E-state index is 0.543. The van der Waals surface area contributed by atoms with Gasteiger partial charge >= 0.3 is 0 Å². The van der Waals surface area contributed by atoms with E-state index in [4.69, 9.17) is 9.26 Å². The third-order valence-corrected chi connectivity index (χ3v) is 6.88. The van der Waals surface area contributed by atoms with E-state index < -0.39 is 0 Å². The first-order valence-corrected chi connectivity index (χ1v) is 12.3. The summed E-state index contributed by atoms with van der Waals surface area (Å²) < 4.78 is 12.9. The largest absolute Gasteiger partial charge is 0.497 e. The zero-order chi connectivity index (χ0) is 22.5. The van der Waals surface area contributed by atoms with E-state index >= 15 is 0 Å². The van der Waals surface area contributed by atoms with Crippen molar-refractivity contribution < 1.29 is 9.26 Å². The molecule has 0 atom stereocenters. The molecule has 9 heteroatoms. The Morgan fingerprint density at radius 1 is 1.00 bits per heavy atom. The van der Waals surface area contributed by atoms with E-state index in [1.165, 1.54) is 5.56 Å². The van der Waals surface area contributed by atoms with Gasteiger partial charge in [-0.25, -0.2) is 0 Å². The molecule has 0 radical (unpaired) electrons. The number of thioether (sulfide) groups is 1. The lowest BCUT2D eigenvalue weighted by atomic mass is 10.1. The first-order valence-electron chi connectivity index (χ1n) is 10.4. The molecule has 0 bridgehead atoms. The van der Waals surface area contributed by atoms with Gasteiger partial charge in [0.25, 0.3) is 5.89 Å². The SMILES string of the molecule is COc1ccc(-c2nnc(SCc3noc(-c4cccs4)n3)n2CCc2ccccc2)cc1. The van der Waals surface area contributed by atoms with Crippen molar-refractivity contribution in [2.45, 2.75) is 23.9 Å². The lowest BCUT2D eigenvalue weighted by molar-refractivity contribution is 0.415. The van der Waals surface area contributed by atoms with Gasteiger partial charge in [0.05, 0.1) is 17.7 Å². The van der Waals surface area contributed by atoms with Gasteiger partial charge in [0, 0.05) is 12.1 Å². The number of benzene rings is 2. The summed E-state index contributed by atoms with van der Waals surface area (Å²) in [6.45, 7) is 0.757. The minimum absolute atomic E-state index is 0.543. The van der Waals surface area contributed by atoms with Crippen molar-refractivity contribution in [3.63, 3.8) is 0 Å². The average molecular weight is 476 g/mol. The lowest BCUT2D eigenvalue weighted by Gasteiger charge is -2.10. The van der Waals surface area contributed by atoms with Crippen molar-refractivity contribution in [3.05, 3.63) is 83.5 Å². The number of ether oxygens (including phenoxy) is 1. The molecule has 0 spiro atoms. The standard InChI is InChI=1S/C24H21N5O2S2/c1-30-19-11-9-18(10-12-19)22-26-27-24(29(22)14-13-17-6-3-2-4-7-17)33-16-21-25-23(31-28-21)20-8-5-15-32-20/h2-12,15H,13-14,16H2,1H3. The molecule has 0 saturated carbocycles. The third-order valence-electron chi connectivity index (χ3n) is 5.06. The van der Waals surface area contributed by atoms with E-state index in [0.29, 0.717) is 17.5 Å². The van der Waals surface area contributed by atoms with Crippen LogP contribution in [0.2, 0.25) is 0 Å². The van der Waals surface area contributed by atoms with Gasteiger partial charge in [-0.15, -0.1) is 21.5 Å². The van der Waals surface area contributed by atoms with Gasteiger partial charge in [-0.1, -0.05) is 53.3 Å². The second-order valence-electron chi connectivity index (χ2n) is 7.20. The van der Waals surface area contributed by atoms with Crippen LogP contribution in [0.4, 0.5) is 0 Å². The van der Waals surface area contributed by atoms with E-state index in [2.05, 4.69) is 49.2 Å². The van der Waals surface area contributed by atoms with Crippen molar-refractivity contribution in [2.24, 2.45) is 0 Å². The highest BCUT2D eigenvalue weighted by atomic mass is 32.2. The monoisotopic (exact) mass is 475 g/mol. The number of hydrogen-bond donors (Lipinski definition) is 0. The van der Waals surface area contributed by atoms with Gasteiger partial charge in [0.1, 0.15) is 5.75 Å². The van der Waals surface area contributed by atoms with Crippen LogP contribution in [0, 0.1) is 0 Å². The molecule has 3 aromatic heterocycles. The number of hydrogen-bond acceptors (Lipinski definition) is 8. The predicted molar refractivity (Wildman–Crippen MR) is 129 cm³/mol. The number of methoxy groups -OCH3 is 1. The van der Waals surface area contributed by atoms with Crippen LogP contribution in [0.25, 0.3) is 22.2 Å². The van der Waals surface area contributed by atoms with E-state index in [0.717, 1.165) is 40.1 Å². The second-order valence-corrected chi connectivity index (χ2v) is 9.09. The van der Waals surface area contributed by atoms with Crippen LogP contribution in [0.15, 0.2) is 81.8 Å². The zero-order valence-electron chi connectivity index (χ0n) is 17.9. The summed E-state index contributed by atoms with van der Waals surface area (Å²) >= 11 is 3.13. The Morgan fingerprint density at radius 2 is 1.85 bits per heavy atom. The van der Waals surface area contributed by atoms with Crippen LogP contribution < -0.4 is 4.74 Å². The highest BCUT2D eigenvalue weighted by Gasteiger charge is 2.17. The zero-order valence-corrected chi connectivity index (χ0v) is 19.6. The topological polar surface area (TPSA) is 78.9 Å². The Kier molecular flexibility index (Phi) is 6.50. The smallest absolute Gasteiger partial charge is 0.268 e. The molecule has 166 valence electrons. The molecule has 0 N–H and O–H groups in total. The van der Waals surface area contributed by atoms with Crippen LogP contribution in [0.3, 0.4) is 0 Å². The number of thiophene rings is 1. The van der Waals surface area contributed by atoms with E-state index in [1.54, 1.807) is 30.2 Å². The van der Waals surface area contributed by atoms with Crippen LogP contribution in [0.5, 0.6) is 5.75 Å². The quantitative estimate of drug-likeness (QED) is 0.257. The Hall–Kier alpha value is -3.43. The van der Waals surface area contributed by atoms with E-state index in [9.17, 15) is 0 Å². The molecule has 2 aromatic carbocycles. The molecule has 0 aliphatic rings. The summed E-state index contributed by atoms with van der Waals surface area (Å²) in [5.74, 6) is 3.35. The lowest BCUT2D eigenvalue weighted by Crippen LogP contribution is -2.05. The number of aromatic nitrogens is 5. The Labute approximate surface area is 199 Å². The number of aryl methyl sites for hydroxylation is 1. The summed E-state index contributed by atoms with van der Waals surface area (Å²) in [5.41, 5.74) is 2.25. The average Bonchev–Trinajstić information content (AvgIpc) is 3.63. The maximum absolute atomic E-state index is 5.41. The fourth-order valence-electron chi connectivity index (χ4n) is 3.38. The molecule has 3 heterocycles. The maximum atomic E-state index is 5.41. The molecule has 7 nitrogen and oxygen atoms in total. The molecule has 0 unspecified atom stereocenters. The van der Waals surface area contributed by atoms with Gasteiger partial charge in [-0.05, 0) is 47.7 Å². The molecule has 0 amide bonds. The third kappa shape index (κ3) is 4.99. The van der Waals surface area contributed by atoms with Crippen LogP contribution in [-0.4, -0.2) is 32.0 Å². The molecule has 5 rings (SSSR count). The Morgan fingerprint density at radius 3 is 2.61 bits per heavy atom. The van der Waals surface area contributed by atoms with Crippen molar-refractivity contribution in [3.8, 4) is 27.9 Å². The normalized spacial score (nSPS) is 11.1. The maximum Gasteiger partial charge on any atom is 0.268 e. The van der Waals surface area contributed by atoms with Crippen LogP contribution >= 0.6 is 23.1 Å². The van der Waals surface area contributed by atoms with E-state index in [1.807, 2.05) is 47.8 Å². The highest BCUT2D eigenvalue weighted by Crippen LogP contribution is 2.29. The van der Waals surface area contributed by atoms with Gasteiger partial charge in [0.2, 0.25) is 0 Å². The molecular formula is C24H21N5O2S2. The summed E-state index contributed by atoms with van der Waals surface area (Å²) in [7, 11) is 1.66. The van der Waals surface area contributed by atoms with Crippen molar-refractivity contribution in [1.29, 1.82) is 0 Å². The Bertz CT molecular complexity index is 1300. The van der Waals surface area contributed by atoms with Gasteiger partial charge < -0.3 is 13.8 Å². The highest BCUT2D eigenvalue weighted by molar-refractivity contribution is 7.98. The number of nitrogens with zero attached hydrogens (tertiary/aromatic N) is 5. The summed E-state index contributed by atoms with van der Waals surface area (Å²) in [4.78, 5) is 5.48. The molecule has 0 aliphatic carbocycles. The fourth-order valence-corrected chi connectivity index (χ4v) is 4.83. The van der Waals surface area contributed by atoms with Crippen LogP contribution in [-0.2, 0) is 18.7 Å². The molecular weight excluding hydrogens is 454 g/mol. The van der Waals surface area contributed by atoms with E-state index in [-0.39, 0.29) is 0 Å². The minimum Gasteiger partial charge on any atom is -0.497 e. The Balaban J connectivity index is 1.37. The summed E-state index contributed by atoms with van der Waals surface area (Å²) in [6, 6.07) is 22.2. The summed E-state index contributed by atoms with van der Waals surface area (Å²) in [6.07, 6.45) is 0.875. The first kappa shape index (κ1) is 21.4. The predicted octanol–water partition coefficient (Wildman–Crippen LogP) is 5.60. The number of rotatable bonds is 9. The second kappa shape index (κ2) is 10.0. The summed E-state index contributed by atoms with van der Waals surface area (Å²) in [5, 5.41) is 15.9. The van der Waals surface area contributed by atoms with Crippen molar-refractivity contribution >= 4 is 23.1 Å². The molecule has 0 aliphatic heterocycles.